The largest absolute Gasteiger partial charge is 0.418 e. The van der Waals surface area contributed by atoms with Crippen molar-refractivity contribution in [2.45, 2.75) is 37.9 Å². The number of aliphatic hydroxyl groups is 1. The van der Waals surface area contributed by atoms with Crippen LogP contribution in [0.4, 0.5) is 18.9 Å². The molecule has 1 unspecified atom stereocenters. The van der Waals surface area contributed by atoms with Gasteiger partial charge >= 0.3 is 6.18 Å². The predicted octanol–water partition coefficient (Wildman–Crippen LogP) is 4.21. The molecule has 2 rings (SSSR count). The van der Waals surface area contributed by atoms with Gasteiger partial charge in [-0.2, -0.15) is 13.2 Å². The summed E-state index contributed by atoms with van der Waals surface area (Å²) in [4.78, 5) is 1.80. The minimum absolute atomic E-state index is 0.000947. The van der Waals surface area contributed by atoms with Crippen LogP contribution in [0.3, 0.4) is 0 Å². The van der Waals surface area contributed by atoms with Gasteiger partial charge < -0.3 is 10.0 Å². The maximum absolute atomic E-state index is 13.2. The van der Waals surface area contributed by atoms with Crippen LogP contribution < -0.4 is 4.90 Å². The Balaban J connectivity index is 2.39. The van der Waals surface area contributed by atoms with Crippen LogP contribution in [0.5, 0.6) is 0 Å². The first kappa shape index (κ1) is 15.6. The van der Waals surface area contributed by atoms with Crippen molar-refractivity contribution in [3.8, 4) is 0 Å². The molecule has 1 saturated heterocycles. The highest BCUT2D eigenvalue weighted by Crippen LogP contribution is 2.40. The van der Waals surface area contributed by atoms with Crippen LogP contribution in [0.1, 0.15) is 31.2 Å². The molecular formula is C14H17BrF3NO. The fourth-order valence-electron chi connectivity index (χ4n) is 2.75. The number of nitrogens with zero attached hydrogens (tertiary/aromatic N) is 1. The molecule has 0 amide bonds. The van der Waals surface area contributed by atoms with Crippen molar-refractivity contribution in [3.63, 3.8) is 0 Å². The van der Waals surface area contributed by atoms with Gasteiger partial charge in [0.25, 0.3) is 0 Å². The zero-order chi connectivity index (χ0) is 14.8. The Hall–Kier alpha value is -0.750. The second-order valence-corrected chi connectivity index (χ2v) is 5.93. The van der Waals surface area contributed by atoms with E-state index in [2.05, 4.69) is 15.9 Å². The fourth-order valence-corrected chi connectivity index (χ4v) is 3.11. The predicted molar refractivity (Wildman–Crippen MR) is 75.8 cm³/mol. The number of hydrogen-bond acceptors (Lipinski definition) is 2. The number of benzene rings is 1. The van der Waals surface area contributed by atoms with Crippen molar-refractivity contribution in [2.75, 3.05) is 18.1 Å². The van der Waals surface area contributed by atoms with Crippen molar-refractivity contribution in [2.24, 2.45) is 0 Å². The quantitative estimate of drug-likeness (QED) is 0.881. The molecule has 0 aliphatic carbocycles. The lowest BCUT2D eigenvalue weighted by Gasteiger charge is -2.38. The number of hydrogen-bond donors (Lipinski definition) is 1. The van der Waals surface area contributed by atoms with Crippen LogP contribution in [0.25, 0.3) is 0 Å². The molecule has 1 aromatic rings. The first-order valence-electron chi connectivity index (χ1n) is 6.67. The summed E-state index contributed by atoms with van der Waals surface area (Å²) in [5.41, 5.74) is -0.393. The fraction of sp³-hybridized carbons (Fsp3) is 0.571. The second kappa shape index (κ2) is 6.35. The van der Waals surface area contributed by atoms with Crippen LogP contribution in [-0.4, -0.2) is 24.3 Å². The highest BCUT2D eigenvalue weighted by Gasteiger charge is 2.36. The second-order valence-electron chi connectivity index (χ2n) is 5.01. The third-order valence-electron chi connectivity index (χ3n) is 3.66. The zero-order valence-electron chi connectivity index (χ0n) is 11.0. The first-order chi connectivity index (χ1) is 9.43. The van der Waals surface area contributed by atoms with Crippen LogP contribution in [-0.2, 0) is 6.18 Å². The summed E-state index contributed by atoms with van der Waals surface area (Å²) >= 11 is 3.10. The monoisotopic (exact) mass is 351 g/mol. The number of aliphatic hydroxyl groups excluding tert-OH is 1. The van der Waals surface area contributed by atoms with E-state index in [0.717, 1.165) is 25.3 Å². The summed E-state index contributed by atoms with van der Waals surface area (Å²) in [5.74, 6) is 0. The number of piperidine rings is 1. The van der Waals surface area contributed by atoms with Gasteiger partial charge in [0.15, 0.2) is 0 Å². The van der Waals surface area contributed by atoms with E-state index in [-0.39, 0.29) is 18.3 Å². The van der Waals surface area contributed by atoms with Gasteiger partial charge in [-0.1, -0.05) is 15.9 Å². The molecular weight excluding hydrogens is 335 g/mol. The van der Waals surface area contributed by atoms with E-state index in [1.165, 1.54) is 6.07 Å². The molecule has 6 heteroatoms. The van der Waals surface area contributed by atoms with Crippen LogP contribution in [0.2, 0.25) is 0 Å². The average Bonchev–Trinajstić information content (AvgIpc) is 2.39. The van der Waals surface area contributed by atoms with Crippen molar-refractivity contribution in [1.29, 1.82) is 0 Å². The van der Waals surface area contributed by atoms with Gasteiger partial charge in [0.05, 0.1) is 5.56 Å². The Bertz CT molecular complexity index is 462. The van der Waals surface area contributed by atoms with Crippen molar-refractivity contribution in [1.82, 2.24) is 0 Å². The highest BCUT2D eigenvalue weighted by molar-refractivity contribution is 9.10. The molecule has 1 N–H and O–H groups in total. The van der Waals surface area contributed by atoms with E-state index in [1.54, 1.807) is 11.0 Å². The van der Waals surface area contributed by atoms with Gasteiger partial charge in [0.2, 0.25) is 0 Å². The Morgan fingerprint density at radius 2 is 2.05 bits per heavy atom. The maximum atomic E-state index is 13.2. The Morgan fingerprint density at radius 1 is 1.30 bits per heavy atom. The Labute approximate surface area is 124 Å². The zero-order valence-corrected chi connectivity index (χ0v) is 12.5. The molecule has 112 valence electrons. The standard InChI is InChI=1S/C14H17BrF3NO/c15-10-4-5-13(12(9-10)14(16,17)18)19-7-2-1-3-11(19)6-8-20/h4-5,9,11,20H,1-3,6-8H2. The Morgan fingerprint density at radius 3 is 2.70 bits per heavy atom. The summed E-state index contributed by atoms with van der Waals surface area (Å²) in [5, 5.41) is 9.10. The highest BCUT2D eigenvalue weighted by atomic mass is 79.9. The smallest absolute Gasteiger partial charge is 0.396 e. The van der Waals surface area contributed by atoms with Gasteiger partial charge in [-0.25, -0.2) is 0 Å². The minimum Gasteiger partial charge on any atom is -0.396 e. The van der Waals surface area contributed by atoms with E-state index in [1.807, 2.05) is 0 Å². The van der Waals surface area contributed by atoms with E-state index < -0.39 is 11.7 Å². The van der Waals surface area contributed by atoms with Crippen LogP contribution >= 0.6 is 15.9 Å². The lowest BCUT2D eigenvalue weighted by atomic mass is 9.97. The number of halogens is 4. The molecule has 0 spiro atoms. The van der Waals surface area contributed by atoms with Gasteiger partial charge in [-0.15, -0.1) is 0 Å². The van der Waals surface area contributed by atoms with E-state index >= 15 is 0 Å². The third kappa shape index (κ3) is 3.47. The molecule has 1 atom stereocenters. The molecule has 0 bridgehead atoms. The maximum Gasteiger partial charge on any atom is 0.418 e. The normalized spacial score (nSPS) is 20.2. The molecule has 0 saturated carbocycles. The van der Waals surface area contributed by atoms with Crippen LogP contribution in [0, 0.1) is 0 Å². The van der Waals surface area contributed by atoms with Gasteiger partial charge in [0.1, 0.15) is 0 Å². The lowest BCUT2D eigenvalue weighted by Crippen LogP contribution is -2.41. The van der Waals surface area contributed by atoms with Crippen LogP contribution in [0.15, 0.2) is 22.7 Å². The van der Waals surface area contributed by atoms with Gasteiger partial charge in [-0.05, 0) is 43.9 Å². The van der Waals surface area contributed by atoms with Crippen molar-refractivity contribution < 1.29 is 18.3 Å². The summed E-state index contributed by atoms with van der Waals surface area (Å²) in [6.45, 7) is 0.606. The number of alkyl halides is 3. The Kier molecular flexibility index (Phi) is 4.96. The van der Waals surface area contributed by atoms with E-state index in [9.17, 15) is 13.2 Å². The molecule has 1 aliphatic heterocycles. The average molecular weight is 352 g/mol. The van der Waals surface area contributed by atoms with E-state index in [0.29, 0.717) is 17.4 Å². The molecule has 2 nitrogen and oxygen atoms in total. The van der Waals surface area contributed by atoms with Crippen molar-refractivity contribution >= 4 is 21.6 Å². The summed E-state index contributed by atoms with van der Waals surface area (Å²) in [6, 6.07) is 4.26. The molecule has 0 aromatic heterocycles. The molecule has 1 aromatic carbocycles. The molecule has 0 radical (unpaired) electrons. The third-order valence-corrected chi connectivity index (χ3v) is 4.16. The molecule has 1 heterocycles. The van der Waals surface area contributed by atoms with Gasteiger partial charge in [-0.3, -0.25) is 0 Å². The number of rotatable bonds is 3. The topological polar surface area (TPSA) is 23.5 Å². The summed E-state index contributed by atoms with van der Waals surface area (Å²) in [7, 11) is 0. The minimum atomic E-state index is -4.37. The molecule has 1 aliphatic rings. The number of anilines is 1. The SMILES string of the molecule is OCCC1CCCCN1c1ccc(Br)cc1C(F)(F)F. The van der Waals surface area contributed by atoms with Crippen molar-refractivity contribution in [3.05, 3.63) is 28.2 Å². The molecule has 1 fully saturated rings. The molecule has 20 heavy (non-hydrogen) atoms. The van der Waals surface area contributed by atoms with Gasteiger partial charge in [0, 0.05) is 29.4 Å². The summed E-state index contributed by atoms with van der Waals surface area (Å²) in [6.07, 6.45) is -1.16. The van der Waals surface area contributed by atoms with E-state index in [4.69, 9.17) is 5.11 Å². The summed E-state index contributed by atoms with van der Waals surface area (Å²) < 4.78 is 40.0. The lowest BCUT2D eigenvalue weighted by molar-refractivity contribution is -0.137. The first-order valence-corrected chi connectivity index (χ1v) is 7.47.